The lowest BCUT2D eigenvalue weighted by Crippen LogP contribution is -2.29. The molecule has 1 unspecified atom stereocenters. The number of hydrogen-bond donors (Lipinski definition) is 2. The molecule has 1 saturated heterocycles. The molecule has 0 aliphatic carbocycles. The van der Waals surface area contributed by atoms with E-state index < -0.39 is 10.0 Å². The lowest BCUT2D eigenvalue weighted by Gasteiger charge is -2.14. The Morgan fingerprint density at radius 2 is 2.17 bits per heavy atom. The van der Waals surface area contributed by atoms with E-state index in [1.165, 1.54) is 9.58 Å². The predicted octanol–water partition coefficient (Wildman–Crippen LogP) is -1.96. The number of rotatable bonds is 3. The summed E-state index contributed by atoms with van der Waals surface area (Å²) in [4.78, 5) is 17.1. The van der Waals surface area contributed by atoms with E-state index in [4.69, 9.17) is 10.9 Å². The summed E-state index contributed by atoms with van der Waals surface area (Å²) in [6.45, 7) is 0.251. The van der Waals surface area contributed by atoms with Gasteiger partial charge in [-0.3, -0.25) is 9.69 Å². The molecule has 0 aromatic carbocycles. The first-order chi connectivity index (χ1) is 8.26. The minimum atomic E-state index is -3.59. The lowest BCUT2D eigenvalue weighted by atomic mass is 10.1. The summed E-state index contributed by atoms with van der Waals surface area (Å²) in [5, 5.41) is 8.80. The third-order valence-electron chi connectivity index (χ3n) is 2.67. The van der Waals surface area contributed by atoms with E-state index in [9.17, 15) is 13.2 Å². The van der Waals surface area contributed by atoms with Crippen LogP contribution in [0.3, 0.4) is 0 Å². The van der Waals surface area contributed by atoms with Crippen LogP contribution in [0.15, 0.2) is 0 Å². The van der Waals surface area contributed by atoms with Crippen molar-refractivity contribution >= 4 is 27.8 Å². The van der Waals surface area contributed by atoms with Crippen molar-refractivity contribution in [2.24, 2.45) is 18.1 Å². The highest BCUT2D eigenvalue weighted by Gasteiger charge is 2.35. The van der Waals surface area contributed by atoms with Gasteiger partial charge in [0.05, 0.1) is 5.75 Å². The number of primary sulfonamides is 1. The van der Waals surface area contributed by atoms with Gasteiger partial charge < -0.3 is 5.73 Å². The number of hydrogen-bond acceptors (Lipinski definition) is 6. The highest BCUT2D eigenvalue weighted by Crippen LogP contribution is 2.24. The van der Waals surface area contributed by atoms with Gasteiger partial charge in [0.1, 0.15) is 0 Å². The van der Waals surface area contributed by atoms with Crippen LogP contribution in [0.4, 0.5) is 11.9 Å². The van der Waals surface area contributed by atoms with Crippen LogP contribution >= 0.6 is 0 Å². The van der Waals surface area contributed by atoms with Crippen LogP contribution in [0.5, 0.6) is 0 Å². The van der Waals surface area contributed by atoms with Gasteiger partial charge in [0.2, 0.25) is 27.8 Å². The van der Waals surface area contributed by atoms with Gasteiger partial charge >= 0.3 is 0 Å². The van der Waals surface area contributed by atoms with Crippen molar-refractivity contribution in [2.75, 3.05) is 22.9 Å². The molecule has 18 heavy (non-hydrogen) atoms. The zero-order chi connectivity index (χ0) is 13.5. The summed E-state index contributed by atoms with van der Waals surface area (Å²) < 4.78 is 23.4. The SMILES string of the molecule is Cn1nc(N)nc1N1CC(CS(N)(=O)=O)CC1=O. The van der Waals surface area contributed by atoms with Crippen LogP contribution in [0.1, 0.15) is 6.42 Å². The second kappa shape index (κ2) is 4.21. The van der Waals surface area contributed by atoms with E-state index in [1.54, 1.807) is 7.05 Å². The summed E-state index contributed by atoms with van der Waals surface area (Å²) in [7, 11) is -1.98. The van der Waals surface area contributed by atoms with E-state index in [0.29, 0.717) is 5.95 Å². The van der Waals surface area contributed by atoms with Gasteiger partial charge in [-0.25, -0.2) is 18.2 Å². The number of amides is 1. The fraction of sp³-hybridized carbons (Fsp3) is 0.625. The van der Waals surface area contributed by atoms with E-state index >= 15 is 0 Å². The molecular weight excluding hydrogens is 260 g/mol. The molecule has 1 aliphatic heterocycles. The summed E-state index contributed by atoms with van der Waals surface area (Å²) in [6, 6.07) is 0. The monoisotopic (exact) mass is 274 g/mol. The average molecular weight is 274 g/mol. The molecule has 0 bridgehead atoms. The minimum Gasteiger partial charge on any atom is -0.366 e. The Morgan fingerprint density at radius 1 is 1.50 bits per heavy atom. The van der Waals surface area contributed by atoms with Gasteiger partial charge in [0, 0.05) is 25.9 Å². The first-order valence-corrected chi connectivity index (χ1v) is 6.95. The fourth-order valence-corrected chi connectivity index (χ4v) is 2.93. The van der Waals surface area contributed by atoms with Gasteiger partial charge in [0.15, 0.2) is 0 Å². The Morgan fingerprint density at radius 3 is 2.67 bits per heavy atom. The maximum atomic E-state index is 11.8. The van der Waals surface area contributed by atoms with Crippen LogP contribution in [0, 0.1) is 5.92 Å². The number of anilines is 2. The lowest BCUT2D eigenvalue weighted by molar-refractivity contribution is -0.117. The average Bonchev–Trinajstić information content (AvgIpc) is 2.67. The number of nitrogen functional groups attached to an aromatic ring is 1. The number of carbonyl (C=O) groups is 1. The molecule has 2 heterocycles. The Labute approximate surface area is 104 Å². The Balaban J connectivity index is 2.17. The van der Waals surface area contributed by atoms with Crippen LogP contribution in [-0.4, -0.2) is 41.4 Å². The molecule has 1 aromatic rings. The van der Waals surface area contributed by atoms with Gasteiger partial charge in [-0.1, -0.05) is 0 Å². The van der Waals surface area contributed by atoms with Gasteiger partial charge in [-0.15, -0.1) is 5.10 Å². The number of nitrogens with zero attached hydrogens (tertiary/aromatic N) is 4. The maximum absolute atomic E-state index is 11.8. The smallest absolute Gasteiger partial charge is 0.241 e. The molecule has 100 valence electrons. The van der Waals surface area contributed by atoms with Crippen molar-refractivity contribution < 1.29 is 13.2 Å². The molecule has 0 saturated carbocycles. The highest BCUT2D eigenvalue weighted by molar-refractivity contribution is 7.89. The van der Waals surface area contributed by atoms with Crippen molar-refractivity contribution in [3.63, 3.8) is 0 Å². The molecule has 2 rings (SSSR count). The minimum absolute atomic E-state index is 0.0650. The van der Waals surface area contributed by atoms with Gasteiger partial charge in [0.25, 0.3) is 0 Å². The fourth-order valence-electron chi connectivity index (χ4n) is 2.05. The maximum Gasteiger partial charge on any atom is 0.241 e. The van der Waals surface area contributed by atoms with Gasteiger partial charge in [-0.2, -0.15) is 4.98 Å². The Bertz CT molecular complexity index is 580. The summed E-state index contributed by atoms with van der Waals surface area (Å²) in [5.41, 5.74) is 5.43. The first-order valence-electron chi connectivity index (χ1n) is 5.23. The molecule has 1 amide bonds. The molecule has 1 fully saturated rings. The quantitative estimate of drug-likeness (QED) is 0.656. The molecule has 9 nitrogen and oxygen atoms in total. The normalized spacial score (nSPS) is 20.7. The van der Waals surface area contributed by atoms with Gasteiger partial charge in [-0.05, 0) is 0 Å². The Kier molecular flexibility index (Phi) is 2.99. The number of aromatic nitrogens is 3. The third kappa shape index (κ3) is 2.59. The summed E-state index contributed by atoms with van der Waals surface area (Å²) in [6.07, 6.45) is 0.128. The number of sulfonamides is 1. The molecule has 0 radical (unpaired) electrons. The van der Waals surface area contributed by atoms with E-state index in [0.717, 1.165) is 0 Å². The predicted molar refractivity (Wildman–Crippen MR) is 63.8 cm³/mol. The zero-order valence-electron chi connectivity index (χ0n) is 9.78. The van der Waals surface area contributed by atoms with Crippen LogP contribution < -0.4 is 15.8 Å². The van der Waals surface area contributed by atoms with Crippen LogP contribution in [-0.2, 0) is 21.9 Å². The number of nitrogens with two attached hydrogens (primary N) is 2. The summed E-state index contributed by atoms with van der Waals surface area (Å²) >= 11 is 0. The second-order valence-corrected chi connectivity index (χ2v) is 5.96. The second-order valence-electron chi connectivity index (χ2n) is 4.30. The largest absolute Gasteiger partial charge is 0.366 e. The molecule has 10 heteroatoms. The van der Waals surface area contributed by atoms with Crippen molar-refractivity contribution in [3.05, 3.63) is 0 Å². The van der Waals surface area contributed by atoms with Crippen molar-refractivity contribution in [3.8, 4) is 0 Å². The van der Waals surface area contributed by atoms with Crippen LogP contribution in [0.25, 0.3) is 0 Å². The van der Waals surface area contributed by atoms with E-state index in [1.807, 2.05) is 0 Å². The number of carbonyl (C=O) groups excluding carboxylic acids is 1. The van der Waals surface area contributed by atoms with Crippen molar-refractivity contribution in [2.45, 2.75) is 6.42 Å². The van der Waals surface area contributed by atoms with Crippen LogP contribution in [0.2, 0.25) is 0 Å². The van der Waals surface area contributed by atoms with Crippen molar-refractivity contribution in [1.82, 2.24) is 14.8 Å². The topological polar surface area (TPSA) is 137 Å². The number of aryl methyl sites for hydroxylation is 1. The molecule has 0 spiro atoms. The summed E-state index contributed by atoms with van der Waals surface area (Å²) in [5.74, 6) is -0.378. The zero-order valence-corrected chi connectivity index (χ0v) is 10.6. The van der Waals surface area contributed by atoms with E-state index in [2.05, 4.69) is 10.1 Å². The molecule has 1 aromatic heterocycles. The third-order valence-corrected chi connectivity index (χ3v) is 3.61. The molecule has 1 atom stereocenters. The Hall–Kier alpha value is -1.68. The van der Waals surface area contributed by atoms with Crippen molar-refractivity contribution in [1.29, 1.82) is 0 Å². The molecule has 4 N–H and O–H groups in total. The molecular formula is C8H14N6O3S. The molecule has 1 aliphatic rings. The van der Waals surface area contributed by atoms with E-state index in [-0.39, 0.29) is 36.5 Å². The first kappa shape index (κ1) is 12.8. The highest BCUT2D eigenvalue weighted by atomic mass is 32.2. The standard InChI is InChI=1S/C8H14N6O3S/c1-13-8(11-7(9)12-13)14-3-5(2-6(14)15)4-18(10,16)17/h5H,2-4H2,1H3,(H2,9,12)(H2,10,16,17).